The minimum absolute atomic E-state index is 0.0644. The van der Waals surface area contributed by atoms with Crippen LogP contribution in [0.2, 0.25) is 0 Å². The van der Waals surface area contributed by atoms with Crippen LogP contribution in [-0.4, -0.2) is 61.4 Å². The van der Waals surface area contributed by atoms with Crippen molar-refractivity contribution in [3.63, 3.8) is 0 Å². The number of hydrogen-bond donors (Lipinski definition) is 0. The van der Waals surface area contributed by atoms with Crippen molar-refractivity contribution in [2.45, 2.75) is 17.3 Å². The van der Waals surface area contributed by atoms with Crippen LogP contribution in [0.15, 0.2) is 102 Å². The minimum atomic E-state index is -0.0755. The molecule has 46 heavy (non-hydrogen) atoms. The molecule has 10 heteroatoms. The summed E-state index contributed by atoms with van der Waals surface area (Å²) in [5.41, 5.74) is 6.10. The number of amidine groups is 1. The highest BCUT2D eigenvalue weighted by atomic mass is 32.2. The molecule has 2 amide bonds. The maximum Gasteiger partial charge on any atom is 0.238 e. The first kappa shape index (κ1) is 30.3. The van der Waals surface area contributed by atoms with Gasteiger partial charge >= 0.3 is 0 Å². The molecule has 2 atom stereocenters. The van der Waals surface area contributed by atoms with Crippen LogP contribution in [-0.2, 0) is 16.1 Å². The Bertz CT molecular complexity index is 1750. The number of methoxy groups -OCH3 is 2. The zero-order valence-electron chi connectivity index (χ0n) is 25.7. The number of rotatable bonds is 9. The molecule has 0 spiro atoms. The number of benzene rings is 4. The average molecular weight is 651 g/mol. The van der Waals surface area contributed by atoms with Crippen LogP contribution in [0.5, 0.6) is 11.5 Å². The third-order valence-corrected chi connectivity index (χ3v) is 10.9. The van der Waals surface area contributed by atoms with Gasteiger partial charge in [0.05, 0.1) is 32.3 Å². The van der Waals surface area contributed by atoms with Gasteiger partial charge in [-0.1, -0.05) is 36.4 Å². The first-order valence-corrected chi connectivity index (χ1v) is 17.3. The number of anilines is 2. The van der Waals surface area contributed by atoms with E-state index in [9.17, 15) is 9.59 Å². The fourth-order valence-electron chi connectivity index (χ4n) is 6.10. The number of amides is 2. The summed E-state index contributed by atoms with van der Waals surface area (Å²) in [6.45, 7) is 2.28. The molecular weight excluding hydrogens is 617 g/mol. The molecule has 8 nitrogen and oxygen atoms in total. The zero-order valence-corrected chi connectivity index (χ0v) is 27.3. The van der Waals surface area contributed by atoms with Crippen molar-refractivity contribution in [2.24, 2.45) is 4.99 Å². The van der Waals surface area contributed by atoms with Gasteiger partial charge in [0.25, 0.3) is 0 Å². The molecule has 0 saturated carbocycles. The van der Waals surface area contributed by atoms with E-state index in [4.69, 9.17) is 14.5 Å². The number of hydrogen-bond acceptors (Lipinski definition) is 8. The van der Waals surface area contributed by atoms with Crippen LogP contribution in [0.1, 0.15) is 33.0 Å². The predicted octanol–water partition coefficient (Wildman–Crippen LogP) is 6.52. The largest absolute Gasteiger partial charge is 0.497 e. The van der Waals surface area contributed by atoms with Crippen LogP contribution in [0, 0.1) is 0 Å². The first-order valence-electron chi connectivity index (χ1n) is 15.2. The Kier molecular flexibility index (Phi) is 8.64. The second kappa shape index (κ2) is 13.1. The van der Waals surface area contributed by atoms with E-state index in [1.54, 1.807) is 37.7 Å². The topological polar surface area (TPSA) is 74.7 Å². The van der Waals surface area contributed by atoms with E-state index < -0.39 is 0 Å². The van der Waals surface area contributed by atoms with Gasteiger partial charge < -0.3 is 14.4 Å². The second-order valence-corrected chi connectivity index (χ2v) is 13.4. The Labute approximate surface area is 277 Å². The summed E-state index contributed by atoms with van der Waals surface area (Å²) in [5, 5.41) is -0.140. The number of carbonyl (C=O) groups excluding carboxylic acids is 2. The third kappa shape index (κ3) is 5.94. The lowest BCUT2D eigenvalue weighted by atomic mass is 10.1. The molecule has 234 valence electrons. The lowest BCUT2D eigenvalue weighted by Gasteiger charge is -2.26. The highest BCUT2D eigenvalue weighted by molar-refractivity contribution is 8.01. The van der Waals surface area contributed by atoms with Crippen molar-refractivity contribution in [3.8, 4) is 11.5 Å². The maximum absolute atomic E-state index is 12.9. The summed E-state index contributed by atoms with van der Waals surface area (Å²) in [6.07, 6.45) is 0. The molecule has 0 radical (unpaired) electrons. The lowest BCUT2D eigenvalue weighted by molar-refractivity contribution is -0.116. The van der Waals surface area contributed by atoms with Crippen LogP contribution in [0.25, 0.3) is 0 Å². The minimum Gasteiger partial charge on any atom is -0.497 e. The highest BCUT2D eigenvalue weighted by Gasteiger charge is 2.35. The van der Waals surface area contributed by atoms with E-state index in [-0.39, 0.29) is 22.6 Å². The van der Waals surface area contributed by atoms with Crippen LogP contribution < -0.4 is 19.3 Å². The highest BCUT2D eigenvalue weighted by Crippen LogP contribution is 2.43. The van der Waals surface area contributed by atoms with Gasteiger partial charge in [-0.3, -0.25) is 24.4 Å². The maximum atomic E-state index is 12.9. The monoisotopic (exact) mass is 650 g/mol. The van der Waals surface area contributed by atoms with Crippen molar-refractivity contribution in [2.75, 3.05) is 48.6 Å². The van der Waals surface area contributed by atoms with E-state index in [0.717, 1.165) is 64.1 Å². The number of carbonyl (C=O) groups is 2. The summed E-state index contributed by atoms with van der Waals surface area (Å²) in [7, 11) is 3.31. The normalized spacial score (nSPS) is 19.6. The van der Waals surface area contributed by atoms with Crippen molar-refractivity contribution >= 4 is 52.5 Å². The Balaban J connectivity index is 1.03. The van der Waals surface area contributed by atoms with Crippen molar-refractivity contribution in [3.05, 3.63) is 119 Å². The predicted molar refractivity (Wildman–Crippen MR) is 186 cm³/mol. The van der Waals surface area contributed by atoms with Gasteiger partial charge in [-0.25, -0.2) is 0 Å². The van der Waals surface area contributed by atoms with Gasteiger partial charge in [0, 0.05) is 30.0 Å². The van der Waals surface area contributed by atoms with E-state index in [2.05, 4.69) is 29.2 Å². The van der Waals surface area contributed by atoms with Crippen LogP contribution in [0.3, 0.4) is 0 Å². The molecule has 2 fully saturated rings. The zero-order chi connectivity index (χ0) is 31.6. The van der Waals surface area contributed by atoms with E-state index >= 15 is 0 Å². The number of thioether (sulfide) groups is 2. The van der Waals surface area contributed by atoms with Gasteiger partial charge in [-0.2, -0.15) is 0 Å². The molecule has 4 aromatic rings. The van der Waals surface area contributed by atoms with E-state index in [1.807, 2.05) is 82.6 Å². The van der Waals surface area contributed by atoms with E-state index in [0.29, 0.717) is 18.1 Å². The SMILES string of the molecule is COc1ccc(C2SCC(=O)N2c2ccc(CN3CCN=C3c3ccc(N4C(=O)CSC4c4ccc(OC)cc4)cc3)cc2)cc1. The Morgan fingerprint density at radius 3 is 1.63 bits per heavy atom. The Morgan fingerprint density at radius 1 is 0.674 bits per heavy atom. The molecule has 3 heterocycles. The smallest absolute Gasteiger partial charge is 0.238 e. The summed E-state index contributed by atoms with van der Waals surface area (Å²) in [4.78, 5) is 36.8. The number of aliphatic imine (C=N–C) groups is 1. The fraction of sp³-hybridized carbons (Fsp3) is 0.250. The van der Waals surface area contributed by atoms with Crippen molar-refractivity contribution in [1.29, 1.82) is 0 Å². The fourth-order valence-corrected chi connectivity index (χ4v) is 8.46. The van der Waals surface area contributed by atoms with Gasteiger partial charge in [0.2, 0.25) is 11.8 Å². The summed E-state index contributed by atoms with van der Waals surface area (Å²) in [6, 6.07) is 32.3. The van der Waals surface area contributed by atoms with Crippen LogP contribution >= 0.6 is 23.5 Å². The van der Waals surface area contributed by atoms with Gasteiger partial charge in [-0.05, 0) is 77.4 Å². The molecule has 2 unspecified atom stereocenters. The van der Waals surface area contributed by atoms with Crippen molar-refractivity contribution < 1.29 is 19.1 Å². The third-order valence-electron chi connectivity index (χ3n) is 8.46. The Morgan fingerprint density at radius 2 is 1.15 bits per heavy atom. The van der Waals surface area contributed by atoms with Crippen molar-refractivity contribution in [1.82, 2.24) is 4.90 Å². The molecular formula is C36H34N4O4S2. The molecule has 7 rings (SSSR count). The second-order valence-electron chi connectivity index (χ2n) is 11.2. The molecule has 0 aromatic heterocycles. The summed E-state index contributed by atoms with van der Waals surface area (Å²) in [5.74, 6) is 3.67. The number of ether oxygens (including phenoxy) is 2. The molecule has 0 aliphatic carbocycles. The standard InChI is InChI=1S/C36H34N4O4S2/c1-43-30-15-7-26(8-16-30)35-39(32(41)22-45-35)28-11-3-24(4-12-28)21-38-20-19-37-34(38)25-5-13-29(14-6-25)40-33(42)23-46-36(40)27-9-17-31(44-2)18-10-27/h3-18,35-36H,19-23H2,1-2H3. The van der Waals surface area contributed by atoms with Gasteiger partial charge in [0.15, 0.2) is 0 Å². The first-order chi connectivity index (χ1) is 22.5. The number of nitrogens with zero attached hydrogens (tertiary/aromatic N) is 4. The molecule has 4 aromatic carbocycles. The van der Waals surface area contributed by atoms with E-state index in [1.165, 1.54) is 0 Å². The molecule has 2 saturated heterocycles. The van der Waals surface area contributed by atoms with Gasteiger partial charge in [-0.15, -0.1) is 23.5 Å². The molecule has 3 aliphatic rings. The van der Waals surface area contributed by atoms with Gasteiger partial charge in [0.1, 0.15) is 28.1 Å². The summed E-state index contributed by atoms with van der Waals surface area (Å²) >= 11 is 3.28. The van der Waals surface area contributed by atoms with Crippen LogP contribution in [0.4, 0.5) is 11.4 Å². The lowest BCUT2D eigenvalue weighted by Crippen LogP contribution is -2.29. The molecule has 3 aliphatic heterocycles. The summed E-state index contributed by atoms with van der Waals surface area (Å²) < 4.78 is 10.6. The quantitative estimate of drug-likeness (QED) is 0.204. The Hall–Kier alpha value is -4.41. The average Bonchev–Trinajstić information content (AvgIpc) is 3.84. The molecule has 0 bridgehead atoms. The molecule has 0 N–H and O–H groups in total.